The summed E-state index contributed by atoms with van der Waals surface area (Å²) in [6.07, 6.45) is 7.50. The van der Waals surface area contributed by atoms with Crippen LogP contribution in [-0.4, -0.2) is 4.98 Å². The standard InChI is InChI=1S/C7H6N3O/c1-2-7(6-8-3-1)10-9-4-5-11-10/h1-3,5-6,9H. The highest BCUT2D eigenvalue weighted by molar-refractivity contribution is 5.40. The number of hydrazine groups is 1. The van der Waals surface area contributed by atoms with Crippen molar-refractivity contribution >= 4 is 5.69 Å². The Morgan fingerprint density at radius 1 is 1.64 bits per heavy atom. The van der Waals surface area contributed by atoms with Crippen LogP contribution in [0.25, 0.3) is 0 Å². The molecule has 55 valence electrons. The zero-order valence-electron chi connectivity index (χ0n) is 5.69. The zero-order valence-corrected chi connectivity index (χ0v) is 5.69. The van der Waals surface area contributed by atoms with E-state index >= 15 is 0 Å². The fraction of sp³-hybridized carbons (Fsp3) is 0. The molecule has 0 saturated carbocycles. The molecule has 0 aliphatic carbocycles. The first-order valence-corrected chi connectivity index (χ1v) is 3.16. The summed E-state index contributed by atoms with van der Waals surface area (Å²) >= 11 is 0. The Morgan fingerprint density at radius 3 is 3.27 bits per heavy atom. The summed E-state index contributed by atoms with van der Waals surface area (Å²) < 4.78 is 0. The average Bonchev–Trinajstić information content (AvgIpc) is 2.58. The van der Waals surface area contributed by atoms with Crippen LogP contribution in [0.5, 0.6) is 0 Å². The van der Waals surface area contributed by atoms with Crippen molar-refractivity contribution < 1.29 is 4.84 Å². The summed E-state index contributed by atoms with van der Waals surface area (Å²) in [6.45, 7) is 0. The largest absolute Gasteiger partial charge is 0.365 e. The van der Waals surface area contributed by atoms with Gasteiger partial charge in [-0.15, -0.1) is 5.17 Å². The van der Waals surface area contributed by atoms with Crippen LogP contribution in [0, 0.1) is 6.20 Å². The Labute approximate surface area is 64.0 Å². The van der Waals surface area contributed by atoms with E-state index in [2.05, 4.69) is 16.6 Å². The van der Waals surface area contributed by atoms with Crippen molar-refractivity contribution in [1.29, 1.82) is 0 Å². The Morgan fingerprint density at radius 2 is 2.64 bits per heavy atom. The Hall–Kier alpha value is -1.71. The van der Waals surface area contributed by atoms with Crippen molar-refractivity contribution in [2.45, 2.75) is 0 Å². The molecule has 1 radical (unpaired) electrons. The van der Waals surface area contributed by atoms with E-state index in [-0.39, 0.29) is 0 Å². The third kappa shape index (κ3) is 1.10. The minimum atomic E-state index is 0.841. The van der Waals surface area contributed by atoms with Gasteiger partial charge in [0.25, 0.3) is 0 Å². The zero-order chi connectivity index (χ0) is 7.52. The number of nitrogens with zero attached hydrogens (tertiary/aromatic N) is 2. The molecule has 0 aromatic carbocycles. The quantitative estimate of drug-likeness (QED) is 0.633. The lowest BCUT2D eigenvalue weighted by molar-refractivity contribution is 0.221. The highest BCUT2D eigenvalue weighted by Gasteiger charge is 2.07. The second kappa shape index (κ2) is 2.49. The predicted octanol–water partition coefficient (Wildman–Crippen LogP) is 0.612. The van der Waals surface area contributed by atoms with Gasteiger partial charge in [-0.2, -0.15) is 0 Å². The van der Waals surface area contributed by atoms with Gasteiger partial charge >= 0.3 is 0 Å². The minimum Gasteiger partial charge on any atom is -0.365 e. The highest BCUT2D eigenvalue weighted by atomic mass is 16.7. The van der Waals surface area contributed by atoms with Crippen LogP contribution >= 0.6 is 0 Å². The third-order valence-electron chi connectivity index (χ3n) is 1.26. The van der Waals surface area contributed by atoms with Gasteiger partial charge in [0.15, 0.2) is 0 Å². The van der Waals surface area contributed by atoms with Gasteiger partial charge in [-0.1, -0.05) is 0 Å². The number of rotatable bonds is 1. The number of nitrogens with one attached hydrogen (secondary N) is 1. The van der Waals surface area contributed by atoms with E-state index in [1.807, 2.05) is 12.1 Å². The topological polar surface area (TPSA) is 37.4 Å². The molecule has 11 heavy (non-hydrogen) atoms. The fourth-order valence-electron chi connectivity index (χ4n) is 0.790. The van der Waals surface area contributed by atoms with Crippen LogP contribution in [0.4, 0.5) is 5.69 Å². The molecule has 2 heterocycles. The maximum Gasteiger partial charge on any atom is 0.149 e. The second-order valence-electron chi connectivity index (χ2n) is 1.99. The van der Waals surface area contributed by atoms with Crippen LogP contribution in [0.2, 0.25) is 0 Å². The predicted molar refractivity (Wildman–Crippen MR) is 38.7 cm³/mol. The summed E-state index contributed by atoms with van der Waals surface area (Å²) in [5, 5.41) is 1.47. The maximum atomic E-state index is 4.99. The molecule has 4 heteroatoms. The molecule has 0 fully saturated rings. The Bertz CT molecular complexity index is 252. The van der Waals surface area contributed by atoms with Crippen LogP contribution < -0.4 is 10.6 Å². The van der Waals surface area contributed by atoms with Crippen LogP contribution in [0.1, 0.15) is 0 Å². The average molecular weight is 148 g/mol. The Balaban J connectivity index is 2.17. The molecule has 1 aliphatic rings. The van der Waals surface area contributed by atoms with Gasteiger partial charge in [-0.3, -0.25) is 10.4 Å². The van der Waals surface area contributed by atoms with Crippen molar-refractivity contribution in [1.82, 2.24) is 10.4 Å². The number of hydrogen-bond donors (Lipinski definition) is 1. The molecule has 0 saturated heterocycles. The molecule has 0 atom stereocenters. The monoisotopic (exact) mass is 148 g/mol. The van der Waals surface area contributed by atoms with E-state index in [0.29, 0.717) is 0 Å². The van der Waals surface area contributed by atoms with E-state index in [9.17, 15) is 0 Å². The van der Waals surface area contributed by atoms with Crippen LogP contribution in [0.15, 0.2) is 30.8 Å². The first-order chi connectivity index (χ1) is 5.47. The lowest BCUT2D eigenvalue weighted by Crippen LogP contribution is -2.28. The van der Waals surface area contributed by atoms with E-state index in [0.717, 1.165) is 5.69 Å². The van der Waals surface area contributed by atoms with Crippen molar-refractivity contribution in [3.63, 3.8) is 0 Å². The van der Waals surface area contributed by atoms with Crippen LogP contribution in [0.3, 0.4) is 0 Å². The minimum absolute atomic E-state index is 0.841. The molecule has 4 nitrogen and oxygen atoms in total. The van der Waals surface area contributed by atoms with Crippen molar-refractivity contribution in [2.24, 2.45) is 0 Å². The first-order valence-electron chi connectivity index (χ1n) is 3.16. The van der Waals surface area contributed by atoms with Gasteiger partial charge in [0, 0.05) is 6.20 Å². The molecule has 1 N–H and O–H groups in total. The van der Waals surface area contributed by atoms with Crippen molar-refractivity contribution in [3.8, 4) is 0 Å². The lowest BCUT2D eigenvalue weighted by Gasteiger charge is -2.14. The van der Waals surface area contributed by atoms with Crippen LogP contribution in [-0.2, 0) is 4.84 Å². The van der Waals surface area contributed by atoms with Gasteiger partial charge in [0.05, 0.1) is 6.20 Å². The molecular formula is C7H6N3O. The fourth-order valence-corrected chi connectivity index (χ4v) is 0.790. The second-order valence-corrected chi connectivity index (χ2v) is 1.99. The molecule has 1 aromatic rings. The molecule has 0 unspecified atom stereocenters. The number of hydrogen-bond acceptors (Lipinski definition) is 4. The molecule has 2 rings (SSSR count). The van der Waals surface area contributed by atoms with Gasteiger partial charge < -0.3 is 4.84 Å². The summed E-state index contributed by atoms with van der Waals surface area (Å²) in [6, 6.07) is 3.71. The van der Waals surface area contributed by atoms with Gasteiger partial charge in [0.2, 0.25) is 0 Å². The molecule has 0 spiro atoms. The normalized spacial score (nSPS) is 14.4. The van der Waals surface area contributed by atoms with E-state index in [1.54, 1.807) is 12.4 Å². The molecule has 0 bridgehead atoms. The number of pyridine rings is 1. The SMILES string of the molecule is [C]1=CON(c2cccnc2)N1. The van der Waals surface area contributed by atoms with E-state index in [4.69, 9.17) is 4.84 Å². The summed E-state index contributed by atoms with van der Waals surface area (Å²) in [5.74, 6) is 0. The third-order valence-corrected chi connectivity index (χ3v) is 1.26. The number of aromatic nitrogens is 1. The van der Waals surface area contributed by atoms with E-state index in [1.165, 1.54) is 11.4 Å². The van der Waals surface area contributed by atoms with Gasteiger partial charge in [-0.05, 0) is 12.1 Å². The van der Waals surface area contributed by atoms with Gasteiger partial charge in [-0.25, -0.2) is 0 Å². The summed E-state index contributed by atoms with van der Waals surface area (Å²) in [5.41, 5.74) is 3.58. The van der Waals surface area contributed by atoms with Crippen molar-refractivity contribution in [3.05, 3.63) is 37.0 Å². The highest BCUT2D eigenvalue weighted by Crippen LogP contribution is 2.11. The molecule has 1 aliphatic heterocycles. The number of anilines is 1. The molecule has 1 aromatic heterocycles. The molecular weight excluding hydrogens is 142 g/mol. The Kier molecular flexibility index (Phi) is 1.37. The molecule has 0 amide bonds. The van der Waals surface area contributed by atoms with Gasteiger partial charge in [0.1, 0.15) is 18.1 Å². The first kappa shape index (κ1) is 6.03. The van der Waals surface area contributed by atoms with E-state index < -0.39 is 0 Å². The lowest BCUT2D eigenvalue weighted by atomic mass is 10.4. The van der Waals surface area contributed by atoms with Crippen molar-refractivity contribution in [2.75, 3.05) is 5.17 Å². The maximum absolute atomic E-state index is 4.99. The summed E-state index contributed by atoms with van der Waals surface area (Å²) in [4.78, 5) is 8.91. The smallest absolute Gasteiger partial charge is 0.149 e. The summed E-state index contributed by atoms with van der Waals surface area (Å²) in [7, 11) is 0.